The average Bonchev–Trinajstić information content (AvgIpc) is 3.05. The SMILES string of the molecule is O=C=NC1(c2ccc3oc(C4CC4)nc3c2)CCCC1. The van der Waals surface area contributed by atoms with Crippen LogP contribution in [0.3, 0.4) is 0 Å². The molecule has 0 atom stereocenters. The molecule has 102 valence electrons. The summed E-state index contributed by atoms with van der Waals surface area (Å²) < 4.78 is 5.78. The van der Waals surface area contributed by atoms with Gasteiger partial charge in [-0.2, -0.15) is 4.99 Å². The number of fused-ring (bicyclic) bond motifs is 1. The maximum atomic E-state index is 10.8. The number of carbonyl (C=O) groups excluding carboxylic acids is 1. The van der Waals surface area contributed by atoms with Gasteiger partial charge in [-0.05, 0) is 43.4 Å². The summed E-state index contributed by atoms with van der Waals surface area (Å²) in [5.41, 5.74) is 2.41. The molecule has 1 aromatic heterocycles. The topological polar surface area (TPSA) is 55.5 Å². The van der Waals surface area contributed by atoms with E-state index in [0.29, 0.717) is 5.92 Å². The van der Waals surface area contributed by atoms with Gasteiger partial charge in [0.25, 0.3) is 0 Å². The van der Waals surface area contributed by atoms with E-state index >= 15 is 0 Å². The zero-order chi connectivity index (χ0) is 13.6. The maximum Gasteiger partial charge on any atom is 0.235 e. The molecule has 2 aliphatic rings. The molecule has 0 aliphatic heterocycles. The van der Waals surface area contributed by atoms with Gasteiger partial charge in [0, 0.05) is 5.92 Å². The smallest absolute Gasteiger partial charge is 0.235 e. The third-order valence-electron chi connectivity index (χ3n) is 4.56. The zero-order valence-electron chi connectivity index (χ0n) is 11.3. The fourth-order valence-corrected chi connectivity index (χ4v) is 3.25. The summed E-state index contributed by atoms with van der Waals surface area (Å²) in [4.78, 5) is 19.5. The summed E-state index contributed by atoms with van der Waals surface area (Å²) in [6.45, 7) is 0. The van der Waals surface area contributed by atoms with Gasteiger partial charge in [0.2, 0.25) is 6.08 Å². The van der Waals surface area contributed by atoms with Gasteiger partial charge in [0.1, 0.15) is 5.52 Å². The molecule has 1 heterocycles. The molecular weight excluding hydrogens is 252 g/mol. The summed E-state index contributed by atoms with van der Waals surface area (Å²) in [7, 11) is 0. The van der Waals surface area contributed by atoms with Gasteiger partial charge in [-0.15, -0.1) is 0 Å². The number of aliphatic imine (C=N–C) groups is 1. The molecule has 0 bridgehead atoms. The van der Waals surface area contributed by atoms with Crippen LogP contribution < -0.4 is 0 Å². The van der Waals surface area contributed by atoms with Crippen molar-refractivity contribution in [3.05, 3.63) is 29.7 Å². The molecule has 0 spiro atoms. The third kappa shape index (κ3) is 1.80. The maximum absolute atomic E-state index is 10.8. The van der Waals surface area contributed by atoms with Crippen LogP contribution in [0.2, 0.25) is 0 Å². The van der Waals surface area contributed by atoms with Crippen molar-refractivity contribution in [3.8, 4) is 0 Å². The lowest BCUT2D eigenvalue weighted by Gasteiger charge is -2.22. The van der Waals surface area contributed by atoms with E-state index in [1.807, 2.05) is 18.2 Å². The molecule has 0 N–H and O–H groups in total. The van der Waals surface area contributed by atoms with Crippen LogP contribution >= 0.6 is 0 Å². The Balaban J connectivity index is 1.80. The minimum absolute atomic E-state index is 0.380. The van der Waals surface area contributed by atoms with Crippen molar-refractivity contribution in [1.29, 1.82) is 0 Å². The van der Waals surface area contributed by atoms with Crippen LogP contribution in [0.25, 0.3) is 11.1 Å². The van der Waals surface area contributed by atoms with Crippen LogP contribution in [0, 0.1) is 0 Å². The first kappa shape index (κ1) is 11.9. The van der Waals surface area contributed by atoms with Crippen molar-refractivity contribution in [2.45, 2.75) is 50.0 Å². The van der Waals surface area contributed by atoms with Crippen molar-refractivity contribution in [3.63, 3.8) is 0 Å². The predicted octanol–water partition coefficient (Wildman–Crippen LogP) is 3.81. The molecule has 1 aromatic carbocycles. The minimum atomic E-state index is -0.380. The second-order valence-corrected chi connectivity index (χ2v) is 5.95. The number of rotatable bonds is 3. The molecule has 4 heteroatoms. The first-order chi connectivity index (χ1) is 9.81. The van der Waals surface area contributed by atoms with Gasteiger partial charge in [-0.3, -0.25) is 0 Å². The van der Waals surface area contributed by atoms with Crippen molar-refractivity contribution in [1.82, 2.24) is 4.98 Å². The second kappa shape index (κ2) is 4.29. The van der Waals surface area contributed by atoms with E-state index in [4.69, 9.17) is 4.42 Å². The van der Waals surface area contributed by atoms with Gasteiger partial charge < -0.3 is 4.42 Å². The van der Waals surface area contributed by atoms with E-state index in [1.165, 1.54) is 12.8 Å². The molecule has 4 nitrogen and oxygen atoms in total. The highest BCUT2D eigenvalue weighted by molar-refractivity contribution is 5.74. The van der Waals surface area contributed by atoms with Crippen LogP contribution in [-0.4, -0.2) is 11.1 Å². The van der Waals surface area contributed by atoms with E-state index in [9.17, 15) is 4.79 Å². The van der Waals surface area contributed by atoms with Crippen LogP contribution in [0.5, 0.6) is 0 Å². The van der Waals surface area contributed by atoms with Crippen LogP contribution in [0.4, 0.5) is 0 Å². The fraction of sp³-hybridized carbons (Fsp3) is 0.500. The molecule has 0 radical (unpaired) electrons. The Kier molecular flexibility index (Phi) is 2.54. The van der Waals surface area contributed by atoms with Gasteiger partial charge in [-0.1, -0.05) is 18.9 Å². The first-order valence-electron chi connectivity index (χ1n) is 7.31. The van der Waals surface area contributed by atoms with Crippen LogP contribution in [0.15, 0.2) is 27.6 Å². The minimum Gasteiger partial charge on any atom is -0.440 e. The van der Waals surface area contributed by atoms with Crippen molar-refractivity contribution < 1.29 is 9.21 Å². The number of hydrogen-bond acceptors (Lipinski definition) is 4. The number of nitrogens with zero attached hydrogens (tertiary/aromatic N) is 2. The van der Waals surface area contributed by atoms with E-state index < -0.39 is 0 Å². The van der Waals surface area contributed by atoms with Crippen molar-refractivity contribution >= 4 is 17.2 Å². The monoisotopic (exact) mass is 268 g/mol. The highest BCUT2D eigenvalue weighted by atomic mass is 16.3. The second-order valence-electron chi connectivity index (χ2n) is 5.95. The van der Waals surface area contributed by atoms with E-state index in [2.05, 4.69) is 9.98 Å². The molecule has 20 heavy (non-hydrogen) atoms. The summed E-state index contributed by atoms with van der Waals surface area (Å²) in [5, 5.41) is 0. The number of oxazole rings is 1. The number of benzene rings is 1. The molecule has 2 fully saturated rings. The molecule has 0 saturated heterocycles. The molecule has 2 aromatic rings. The Morgan fingerprint density at radius 1 is 1.30 bits per heavy atom. The standard InChI is InChI=1S/C16H16N2O2/c19-10-17-16(7-1-2-8-16)12-5-6-14-13(9-12)18-15(20-14)11-3-4-11/h5-6,9,11H,1-4,7-8H2. The largest absolute Gasteiger partial charge is 0.440 e. The van der Waals surface area contributed by atoms with Gasteiger partial charge in [0.05, 0.1) is 5.54 Å². The van der Waals surface area contributed by atoms with Gasteiger partial charge in [-0.25, -0.2) is 9.78 Å². The lowest BCUT2D eigenvalue weighted by molar-refractivity contribution is 0.456. The first-order valence-corrected chi connectivity index (χ1v) is 7.31. The predicted molar refractivity (Wildman–Crippen MR) is 74.3 cm³/mol. The summed E-state index contributed by atoms with van der Waals surface area (Å²) in [5.74, 6) is 1.37. The van der Waals surface area contributed by atoms with Gasteiger partial charge >= 0.3 is 0 Å². The number of isocyanates is 1. The molecule has 0 unspecified atom stereocenters. The highest BCUT2D eigenvalue weighted by Gasteiger charge is 2.36. The van der Waals surface area contributed by atoms with Crippen molar-refractivity contribution in [2.75, 3.05) is 0 Å². The van der Waals surface area contributed by atoms with Crippen LogP contribution in [0.1, 0.15) is 55.9 Å². The third-order valence-corrected chi connectivity index (χ3v) is 4.56. The molecule has 2 aliphatic carbocycles. The van der Waals surface area contributed by atoms with E-state index in [1.54, 1.807) is 6.08 Å². The molecule has 2 saturated carbocycles. The summed E-state index contributed by atoms with van der Waals surface area (Å²) in [6.07, 6.45) is 8.17. The summed E-state index contributed by atoms with van der Waals surface area (Å²) >= 11 is 0. The Morgan fingerprint density at radius 2 is 2.10 bits per heavy atom. The molecule has 0 amide bonds. The lowest BCUT2D eigenvalue weighted by Crippen LogP contribution is -2.18. The van der Waals surface area contributed by atoms with Crippen LogP contribution in [-0.2, 0) is 10.3 Å². The zero-order valence-corrected chi connectivity index (χ0v) is 11.3. The number of hydrogen-bond donors (Lipinski definition) is 0. The Hall–Kier alpha value is -1.93. The number of aromatic nitrogens is 1. The van der Waals surface area contributed by atoms with E-state index in [-0.39, 0.29) is 5.54 Å². The normalized spacial score (nSPS) is 21.0. The fourth-order valence-electron chi connectivity index (χ4n) is 3.25. The quantitative estimate of drug-likeness (QED) is 0.628. The van der Waals surface area contributed by atoms with Crippen molar-refractivity contribution in [2.24, 2.45) is 4.99 Å². The Morgan fingerprint density at radius 3 is 2.80 bits per heavy atom. The highest BCUT2D eigenvalue weighted by Crippen LogP contribution is 2.44. The molecular formula is C16H16N2O2. The lowest BCUT2D eigenvalue weighted by atomic mass is 9.89. The Labute approximate surface area is 116 Å². The molecule has 4 rings (SSSR count). The Bertz CT molecular complexity index is 702. The van der Waals surface area contributed by atoms with E-state index in [0.717, 1.165) is 48.2 Å². The average molecular weight is 268 g/mol. The summed E-state index contributed by atoms with van der Waals surface area (Å²) in [6, 6.07) is 6.02. The van der Waals surface area contributed by atoms with Gasteiger partial charge in [0.15, 0.2) is 11.5 Å².